The number of methoxy groups -OCH3 is 2. The summed E-state index contributed by atoms with van der Waals surface area (Å²) in [4.78, 5) is 10.3. The summed E-state index contributed by atoms with van der Waals surface area (Å²) < 4.78 is 15.2. The molecule has 1 aromatic carbocycles. The molecule has 0 amide bonds. The molecule has 0 aliphatic heterocycles. The first-order valence-corrected chi connectivity index (χ1v) is 4.87. The van der Waals surface area contributed by atoms with Crippen LogP contribution in [-0.4, -0.2) is 32.3 Å². The van der Waals surface area contributed by atoms with Crippen LogP contribution in [0.5, 0.6) is 17.2 Å². The second-order valence-electron chi connectivity index (χ2n) is 3.07. The molecular weight excluding hydrogens is 228 g/mol. The van der Waals surface area contributed by atoms with Gasteiger partial charge in [-0.15, -0.1) is 0 Å². The third-order valence-electron chi connectivity index (χ3n) is 2.02. The first kappa shape index (κ1) is 13.0. The van der Waals surface area contributed by atoms with E-state index in [0.29, 0.717) is 12.3 Å². The summed E-state index contributed by atoms with van der Waals surface area (Å²) >= 11 is 0. The average molecular weight is 242 g/mol. The van der Waals surface area contributed by atoms with Crippen LogP contribution < -0.4 is 19.9 Å². The number of rotatable bonds is 6. The van der Waals surface area contributed by atoms with E-state index < -0.39 is 4.92 Å². The van der Waals surface area contributed by atoms with Crippen LogP contribution in [0.1, 0.15) is 0 Å². The van der Waals surface area contributed by atoms with Crippen LogP contribution in [0.3, 0.4) is 0 Å². The molecule has 94 valence electrons. The highest BCUT2D eigenvalue weighted by Gasteiger charge is 2.22. The summed E-state index contributed by atoms with van der Waals surface area (Å²) in [5.41, 5.74) is 5.08. The lowest BCUT2D eigenvalue weighted by atomic mass is 10.2. The van der Waals surface area contributed by atoms with Crippen molar-refractivity contribution < 1.29 is 19.1 Å². The summed E-state index contributed by atoms with van der Waals surface area (Å²) in [7, 11) is 2.74. The Labute approximate surface area is 98.2 Å². The zero-order valence-corrected chi connectivity index (χ0v) is 9.63. The summed E-state index contributed by atoms with van der Waals surface area (Å²) in [6.07, 6.45) is 0. The number of nitrogens with two attached hydrogens (primary N) is 1. The molecule has 0 fully saturated rings. The highest BCUT2D eigenvalue weighted by Crippen LogP contribution is 2.40. The fraction of sp³-hybridized carbons (Fsp3) is 0.400. The van der Waals surface area contributed by atoms with Crippen LogP contribution in [0.2, 0.25) is 0 Å². The van der Waals surface area contributed by atoms with E-state index in [-0.39, 0.29) is 23.8 Å². The minimum absolute atomic E-state index is 0.0672. The molecule has 0 unspecified atom stereocenters. The molecule has 0 saturated carbocycles. The molecule has 0 bridgehead atoms. The number of nitro groups is 1. The highest BCUT2D eigenvalue weighted by molar-refractivity contribution is 5.60. The zero-order chi connectivity index (χ0) is 12.8. The molecule has 0 radical (unpaired) electrons. The first-order valence-electron chi connectivity index (χ1n) is 4.87. The highest BCUT2D eigenvalue weighted by atomic mass is 16.6. The van der Waals surface area contributed by atoms with Crippen molar-refractivity contribution in [3.05, 3.63) is 22.2 Å². The molecule has 7 nitrogen and oxygen atoms in total. The Balaban J connectivity index is 3.20. The molecule has 0 saturated heterocycles. The quantitative estimate of drug-likeness (QED) is 0.589. The van der Waals surface area contributed by atoms with Crippen LogP contribution in [0, 0.1) is 10.1 Å². The Kier molecular flexibility index (Phi) is 4.53. The van der Waals surface area contributed by atoms with Crippen LogP contribution in [0.25, 0.3) is 0 Å². The number of hydrogen-bond acceptors (Lipinski definition) is 6. The molecule has 1 aromatic rings. The lowest BCUT2D eigenvalue weighted by Crippen LogP contribution is -2.11. The number of ether oxygens (including phenoxy) is 3. The Morgan fingerprint density at radius 1 is 1.35 bits per heavy atom. The van der Waals surface area contributed by atoms with Crippen LogP contribution in [0.4, 0.5) is 5.69 Å². The Bertz CT molecular complexity index is 408. The van der Waals surface area contributed by atoms with E-state index in [4.69, 9.17) is 19.9 Å². The third kappa shape index (κ3) is 2.97. The van der Waals surface area contributed by atoms with Gasteiger partial charge >= 0.3 is 5.69 Å². The van der Waals surface area contributed by atoms with Gasteiger partial charge in [-0.3, -0.25) is 10.1 Å². The molecule has 0 aliphatic rings. The monoisotopic (exact) mass is 242 g/mol. The summed E-state index contributed by atoms with van der Waals surface area (Å²) in [5, 5.41) is 10.9. The SMILES string of the molecule is COc1cc(OCCN)cc([N+](=O)[O-])c1OC. The summed E-state index contributed by atoms with van der Waals surface area (Å²) in [6.45, 7) is 0.592. The van der Waals surface area contributed by atoms with E-state index in [1.54, 1.807) is 0 Å². The summed E-state index contributed by atoms with van der Waals surface area (Å²) in [5.74, 6) is 0.631. The Morgan fingerprint density at radius 2 is 2.06 bits per heavy atom. The van der Waals surface area contributed by atoms with Gasteiger partial charge in [-0.05, 0) is 0 Å². The van der Waals surface area contributed by atoms with Gasteiger partial charge in [0.25, 0.3) is 0 Å². The maximum absolute atomic E-state index is 10.9. The van der Waals surface area contributed by atoms with E-state index in [9.17, 15) is 10.1 Å². The van der Waals surface area contributed by atoms with Crippen molar-refractivity contribution in [2.75, 3.05) is 27.4 Å². The van der Waals surface area contributed by atoms with Gasteiger partial charge in [-0.25, -0.2) is 0 Å². The fourth-order valence-electron chi connectivity index (χ4n) is 1.32. The number of hydrogen-bond donors (Lipinski definition) is 1. The Hall–Kier alpha value is -2.02. The molecule has 0 atom stereocenters. The Morgan fingerprint density at radius 3 is 2.53 bits per heavy atom. The minimum atomic E-state index is -0.559. The van der Waals surface area contributed by atoms with Crippen molar-refractivity contribution in [1.82, 2.24) is 0 Å². The van der Waals surface area contributed by atoms with Gasteiger partial charge in [-0.2, -0.15) is 0 Å². The summed E-state index contributed by atoms with van der Waals surface area (Å²) in [6, 6.07) is 2.79. The van der Waals surface area contributed by atoms with E-state index in [1.165, 1.54) is 26.4 Å². The third-order valence-corrected chi connectivity index (χ3v) is 2.02. The first-order chi connectivity index (χ1) is 8.13. The second-order valence-corrected chi connectivity index (χ2v) is 3.07. The van der Waals surface area contributed by atoms with Crippen molar-refractivity contribution in [3.63, 3.8) is 0 Å². The van der Waals surface area contributed by atoms with Gasteiger partial charge in [0, 0.05) is 12.6 Å². The van der Waals surface area contributed by atoms with Crippen LogP contribution >= 0.6 is 0 Å². The number of nitrogens with zero attached hydrogens (tertiary/aromatic N) is 1. The van der Waals surface area contributed by atoms with E-state index in [1.807, 2.05) is 0 Å². The predicted molar refractivity (Wildman–Crippen MR) is 60.7 cm³/mol. The molecule has 17 heavy (non-hydrogen) atoms. The topological polar surface area (TPSA) is 96.9 Å². The minimum Gasteiger partial charge on any atom is -0.492 e. The predicted octanol–water partition coefficient (Wildman–Crippen LogP) is 0.949. The smallest absolute Gasteiger partial charge is 0.318 e. The van der Waals surface area contributed by atoms with E-state index in [2.05, 4.69) is 0 Å². The lowest BCUT2D eigenvalue weighted by molar-refractivity contribution is -0.385. The number of nitro benzene ring substituents is 1. The fourth-order valence-corrected chi connectivity index (χ4v) is 1.32. The number of benzene rings is 1. The second kappa shape index (κ2) is 5.90. The molecule has 0 heterocycles. The van der Waals surface area contributed by atoms with Crippen molar-refractivity contribution >= 4 is 5.69 Å². The molecule has 7 heteroatoms. The van der Waals surface area contributed by atoms with Crippen molar-refractivity contribution in [3.8, 4) is 17.2 Å². The van der Waals surface area contributed by atoms with Gasteiger partial charge in [0.1, 0.15) is 12.4 Å². The molecule has 0 spiro atoms. The van der Waals surface area contributed by atoms with Gasteiger partial charge in [0.2, 0.25) is 5.75 Å². The molecule has 0 aliphatic carbocycles. The van der Waals surface area contributed by atoms with E-state index >= 15 is 0 Å². The van der Waals surface area contributed by atoms with Gasteiger partial charge in [0.05, 0.1) is 25.2 Å². The van der Waals surface area contributed by atoms with Crippen molar-refractivity contribution in [2.24, 2.45) is 5.73 Å². The lowest BCUT2D eigenvalue weighted by Gasteiger charge is -2.10. The molecule has 2 N–H and O–H groups in total. The van der Waals surface area contributed by atoms with Gasteiger partial charge < -0.3 is 19.9 Å². The maximum atomic E-state index is 10.9. The zero-order valence-electron chi connectivity index (χ0n) is 9.63. The molecule has 0 aromatic heterocycles. The van der Waals surface area contributed by atoms with Gasteiger partial charge in [-0.1, -0.05) is 0 Å². The standard InChI is InChI=1S/C10H14N2O5/c1-15-9-6-7(17-4-3-11)5-8(12(13)14)10(9)16-2/h5-6H,3-4,11H2,1-2H3. The normalized spacial score (nSPS) is 9.82. The van der Waals surface area contributed by atoms with Crippen LogP contribution in [0.15, 0.2) is 12.1 Å². The maximum Gasteiger partial charge on any atom is 0.318 e. The van der Waals surface area contributed by atoms with Crippen LogP contribution in [-0.2, 0) is 0 Å². The largest absolute Gasteiger partial charge is 0.492 e. The van der Waals surface area contributed by atoms with Crippen molar-refractivity contribution in [2.45, 2.75) is 0 Å². The van der Waals surface area contributed by atoms with Gasteiger partial charge in [0.15, 0.2) is 5.75 Å². The molecular formula is C10H14N2O5. The average Bonchev–Trinajstić information content (AvgIpc) is 2.34. The molecule has 1 rings (SSSR count). The van der Waals surface area contributed by atoms with Crippen molar-refractivity contribution in [1.29, 1.82) is 0 Å². The van der Waals surface area contributed by atoms with E-state index in [0.717, 1.165) is 0 Å².